The van der Waals surface area contributed by atoms with E-state index in [1.807, 2.05) is 13.8 Å². The lowest BCUT2D eigenvalue weighted by Gasteiger charge is -2.05. The van der Waals surface area contributed by atoms with Crippen molar-refractivity contribution in [3.05, 3.63) is 40.3 Å². The minimum Gasteiger partial charge on any atom is -0.481 e. The zero-order valence-corrected chi connectivity index (χ0v) is 13.3. The van der Waals surface area contributed by atoms with Crippen LogP contribution in [0.2, 0.25) is 0 Å². The molecule has 0 aliphatic carbocycles. The topological polar surface area (TPSA) is 81.4 Å². The summed E-state index contributed by atoms with van der Waals surface area (Å²) in [6.45, 7) is 4.20. The highest BCUT2D eigenvalue weighted by molar-refractivity contribution is 7.16. The summed E-state index contributed by atoms with van der Waals surface area (Å²) in [5, 5.41) is 8.20. The molecular weight excluding hydrogens is 302 g/mol. The maximum atomic E-state index is 12.2. The van der Waals surface area contributed by atoms with Gasteiger partial charge in [0.1, 0.15) is 5.01 Å². The van der Waals surface area contributed by atoms with E-state index in [1.54, 1.807) is 16.6 Å². The normalized spacial score (nSPS) is 10.9. The Bertz CT molecular complexity index is 822. The molecule has 0 radical (unpaired) electrons. The maximum Gasteiger partial charge on any atom is 0.253 e. The predicted molar refractivity (Wildman–Crippen MR) is 82.3 cm³/mol. The molecule has 0 unspecified atom stereocenters. The summed E-state index contributed by atoms with van der Waals surface area (Å²) in [7, 11) is 1.53. The number of aromatic nitrogens is 4. The highest BCUT2D eigenvalue weighted by atomic mass is 32.1. The smallest absolute Gasteiger partial charge is 0.253 e. The fourth-order valence-electron chi connectivity index (χ4n) is 2.09. The van der Waals surface area contributed by atoms with Crippen LogP contribution < -0.4 is 10.1 Å². The number of ether oxygens (including phenoxy) is 1. The van der Waals surface area contributed by atoms with Crippen LogP contribution in [0.15, 0.2) is 18.3 Å². The summed E-state index contributed by atoms with van der Waals surface area (Å²) in [6.07, 6.45) is 1.49. The van der Waals surface area contributed by atoms with Gasteiger partial charge in [-0.3, -0.25) is 4.79 Å². The van der Waals surface area contributed by atoms with E-state index in [0.29, 0.717) is 18.0 Å². The van der Waals surface area contributed by atoms with Crippen LogP contribution in [-0.4, -0.2) is 32.6 Å². The molecule has 0 fully saturated rings. The van der Waals surface area contributed by atoms with Gasteiger partial charge in [0.05, 0.1) is 30.6 Å². The lowest BCUT2D eigenvalue weighted by atomic mass is 10.2. The highest BCUT2D eigenvalue weighted by Gasteiger charge is 2.14. The summed E-state index contributed by atoms with van der Waals surface area (Å²) in [5.74, 6) is 0.277. The van der Waals surface area contributed by atoms with Gasteiger partial charge in [0.2, 0.25) is 10.8 Å². The molecule has 1 N–H and O–H groups in total. The third-order valence-electron chi connectivity index (χ3n) is 3.22. The fourth-order valence-corrected chi connectivity index (χ4v) is 2.90. The van der Waals surface area contributed by atoms with Crippen molar-refractivity contribution in [2.24, 2.45) is 0 Å². The predicted octanol–water partition coefficient (Wildman–Crippen LogP) is 1.74. The SMILES string of the molecule is COc1ccc(C(=O)NCc2c(C)nc3sc(C)nn23)cn1. The monoisotopic (exact) mass is 317 g/mol. The highest BCUT2D eigenvalue weighted by Crippen LogP contribution is 2.17. The third kappa shape index (κ3) is 2.64. The van der Waals surface area contributed by atoms with Gasteiger partial charge in [0.25, 0.3) is 5.91 Å². The zero-order valence-electron chi connectivity index (χ0n) is 12.5. The van der Waals surface area contributed by atoms with Crippen LogP contribution in [0.1, 0.15) is 26.8 Å². The molecule has 0 bridgehead atoms. The van der Waals surface area contributed by atoms with Gasteiger partial charge < -0.3 is 10.1 Å². The first kappa shape index (κ1) is 14.5. The second-order valence-electron chi connectivity index (χ2n) is 4.73. The summed E-state index contributed by atoms with van der Waals surface area (Å²) in [4.78, 5) is 21.5. The molecule has 3 heterocycles. The average Bonchev–Trinajstić information content (AvgIpc) is 3.00. The first-order chi connectivity index (χ1) is 10.6. The Morgan fingerprint density at radius 3 is 2.91 bits per heavy atom. The van der Waals surface area contributed by atoms with Crippen molar-refractivity contribution in [2.75, 3.05) is 7.11 Å². The number of nitrogens with one attached hydrogen (secondary N) is 1. The van der Waals surface area contributed by atoms with Crippen molar-refractivity contribution < 1.29 is 9.53 Å². The molecule has 7 nitrogen and oxygen atoms in total. The number of rotatable bonds is 4. The fraction of sp³-hybridized carbons (Fsp3) is 0.286. The van der Waals surface area contributed by atoms with Crippen LogP contribution in [0.25, 0.3) is 4.96 Å². The summed E-state index contributed by atoms with van der Waals surface area (Å²) in [5.41, 5.74) is 2.23. The lowest BCUT2D eigenvalue weighted by molar-refractivity contribution is 0.0950. The summed E-state index contributed by atoms with van der Waals surface area (Å²) < 4.78 is 6.75. The molecule has 0 aromatic carbocycles. The van der Waals surface area contributed by atoms with Gasteiger partial charge in [0.15, 0.2) is 0 Å². The summed E-state index contributed by atoms with van der Waals surface area (Å²) in [6, 6.07) is 3.33. The Morgan fingerprint density at radius 1 is 1.41 bits per heavy atom. The van der Waals surface area contributed by atoms with Crippen molar-refractivity contribution in [3.8, 4) is 5.88 Å². The number of aryl methyl sites for hydroxylation is 2. The number of hydrogen-bond donors (Lipinski definition) is 1. The number of carbonyl (C=O) groups excluding carboxylic acids is 1. The molecular formula is C14H15N5O2S. The molecule has 3 aromatic rings. The summed E-state index contributed by atoms with van der Waals surface area (Å²) >= 11 is 1.53. The van der Waals surface area contributed by atoms with Crippen LogP contribution in [0.3, 0.4) is 0 Å². The zero-order chi connectivity index (χ0) is 15.7. The number of carbonyl (C=O) groups is 1. The first-order valence-electron chi connectivity index (χ1n) is 6.68. The number of fused-ring (bicyclic) bond motifs is 1. The minimum absolute atomic E-state index is 0.198. The van der Waals surface area contributed by atoms with Gasteiger partial charge in [-0.15, -0.1) is 0 Å². The molecule has 8 heteroatoms. The van der Waals surface area contributed by atoms with E-state index >= 15 is 0 Å². The van der Waals surface area contributed by atoms with Gasteiger partial charge in [-0.2, -0.15) is 5.10 Å². The van der Waals surface area contributed by atoms with E-state index in [0.717, 1.165) is 21.4 Å². The molecule has 0 saturated heterocycles. The largest absolute Gasteiger partial charge is 0.481 e. The van der Waals surface area contributed by atoms with Gasteiger partial charge in [0, 0.05) is 12.3 Å². The Balaban J connectivity index is 1.75. The van der Waals surface area contributed by atoms with Crippen molar-refractivity contribution in [2.45, 2.75) is 20.4 Å². The van der Waals surface area contributed by atoms with E-state index in [2.05, 4.69) is 20.4 Å². The first-order valence-corrected chi connectivity index (χ1v) is 7.50. The number of amides is 1. The Kier molecular flexibility index (Phi) is 3.76. The van der Waals surface area contributed by atoms with E-state index in [4.69, 9.17) is 4.74 Å². The van der Waals surface area contributed by atoms with Crippen LogP contribution >= 0.6 is 11.3 Å². The number of imidazole rings is 1. The second-order valence-corrected chi connectivity index (χ2v) is 5.89. The van der Waals surface area contributed by atoms with E-state index in [9.17, 15) is 4.79 Å². The lowest BCUT2D eigenvalue weighted by Crippen LogP contribution is -2.24. The molecule has 0 atom stereocenters. The molecule has 1 amide bonds. The molecule has 0 aliphatic rings. The number of methoxy groups -OCH3 is 1. The van der Waals surface area contributed by atoms with E-state index in [1.165, 1.54) is 24.6 Å². The molecule has 114 valence electrons. The van der Waals surface area contributed by atoms with Crippen molar-refractivity contribution in [3.63, 3.8) is 0 Å². The van der Waals surface area contributed by atoms with Crippen LogP contribution in [0, 0.1) is 13.8 Å². The van der Waals surface area contributed by atoms with Crippen LogP contribution in [0.5, 0.6) is 5.88 Å². The van der Waals surface area contributed by atoms with Gasteiger partial charge >= 0.3 is 0 Å². The molecule has 3 aromatic heterocycles. The number of hydrogen-bond acceptors (Lipinski definition) is 6. The van der Waals surface area contributed by atoms with Gasteiger partial charge in [-0.1, -0.05) is 11.3 Å². The maximum absolute atomic E-state index is 12.2. The average molecular weight is 317 g/mol. The van der Waals surface area contributed by atoms with E-state index < -0.39 is 0 Å². The van der Waals surface area contributed by atoms with Crippen molar-refractivity contribution >= 4 is 22.2 Å². The standard InChI is InChI=1S/C14H15N5O2S/c1-8-11(19-14(17-8)22-9(2)18-19)7-16-13(20)10-4-5-12(21-3)15-6-10/h4-6H,7H2,1-3H3,(H,16,20). The van der Waals surface area contributed by atoms with Gasteiger partial charge in [-0.25, -0.2) is 14.5 Å². The minimum atomic E-state index is -0.198. The molecule has 3 rings (SSSR count). The number of pyridine rings is 1. The van der Waals surface area contributed by atoms with E-state index in [-0.39, 0.29) is 5.91 Å². The van der Waals surface area contributed by atoms with Crippen LogP contribution in [-0.2, 0) is 6.54 Å². The molecule has 0 saturated carbocycles. The Morgan fingerprint density at radius 2 is 2.23 bits per heavy atom. The second kappa shape index (κ2) is 5.72. The third-order valence-corrected chi connectivity index (χ3v) is 4.05. The molecule has 0 spiro atoms. The Labute approximate surface area is 131 Å². The van der Waals surface area contributed by atoms with Crippen molar-refractivity contribution in [1.82, 2.24) is 24.9 Å². The van der Waals surface area contributed by atoms with Gasteiger partial charge in [-0.05, 0) is 19.9 Å². The molecule has 0 aliphatic heterocycles. The van der Waals surface area contributed by atoms with Crippen molar-refractivity contribution in [1.29, 1.82) is 0 Å². The molecule has 22 heavy (non-hydrogen) atoms. The quantitative estimate of drug-likeness (QED) is 0.792. The Hall–Kier alpha value is -2.48. The number of nitrogens with zero attached hydrogens (tertiary/aromatic N) is 4. The van der Waals surface area contributed by atoms with Crippen LogP contribution in [0.4, 0.5) is 0 Å².